The van der Waals surface area contributed by atoms with Crippen LogP contribution in [-0.2, 0) is 4.79 Å². The number of phenols is 1. The lowest BCUT2D eigenvalue weighted by Crippen LogP contribution is -2.25. The van der Waals surface area contributed by atoms with E-state index in [1.165, 1.54) is 6.07 Å². The predicted molar refractivity (Wildman–Crippen MR) is 90.4 cm³/mol. The second-order valence-corrected chi connectivity index (χ2v) is 5.46. The van der Waals surface area contributed by atoms with Crippen molar-refractivity contribution in [1.29, 1.82) is 0 Å². The molecule has 0 atom stereocenters. The van der Waals surface area contributed by atoms with Crippen molar-refractivity contribution >= 4 is 34.8 Å². The average molecular weight is 353 g/mol. The van der Waals surface area contributed by atoms with Crippen LogP contribution in [0.5, 0.6) is 11.5 Å². The van der Waals surface area contributed by atoms with Gasteiger partial charge in [0.1, 0.15) is 11.5 Å². The van der Waals surface area contributed by atoms with Crippen molar-refractivity contribution in [3.63, 3.8) is 0 Å². The third-order valence-corrected chi connectivity index (χ3v) is 3.44. The van der Waals surface area contributed by atoms with E-state index in [0.717, 1.165) is 0 Å². The van der Waals surface area contributed by atoms with Gasteiger partial charge >= 0.3 is 0 Å². The summed E-state index contributed by atoms with van der Waals surface area (Å²) in [5.74, 6) is -0.0588. The van der Waals surface area contributed by atoms with E-state index in [0.29, 0.717) is 27.1 Å². The van der Waals surface area contributed by atoms with Gasteiger partial charge in [-0.3, -0.25) is 4.79 Å². The van der Waals surface area contributed by atoms with Crippen molar-refractivity contribution in [3.8, 4) is 11.5 Å². The van der Waals surface area contributed by atoms with E-state index in [1.807, 2.05) is 0 Å². The van der Waals surface area contributed by atoms with E-state index >= 15 is 0 Å². The smallest absolute Gasteiger partial charge is 0.277 e. The maximum absolute atomic E-state index is 11.8. The minimum atomic E-state index is -0.462. The van der Waals surface area contributed by atoms with E-state index in [-0.39, 0.29) is 12.4 Å². The van der Waals surface area contributed by atoms with Crippen LogP contribution >= 0.6 is 23.2 Å². The highest BCUT2D eigenvalue weighted by molar-refractivity contribution is 6.34. The summed E-state index contributed by atoms with van der Waals surface area (Å²) < 4.78 is 5.29. The summed E-state index contributed by atoms with van der Waals surface area (Å²) in [6, 6.07) is 11.4. The highest BCUT2D eigenvalue weighted by atomic mass is 35.5. The number of hydrazone groups is 1. The van der Waals surface area contributed by atoms with Crippen LogP contribution in [0, 0.1) is 0 Å². The van der Waals surface area contributed by atoms with Gasteiger partial charge in [-0.1, -0.05) is 35.3 Å². The van der Waals surface area contributed by atoms with Crippen molar-refractivity contribution in [2.45, 2.75) is 6.92 Å². The van der Waals surface area contributed by atoms with Crippen molar-refractivity contribution in [1.82, 2.24) is 5.43 Å². The first kappa shape index (κ1) is 17.1. The quantitative estimate of drug-likeness (QED) is 0.637. The molecule has 2 rings (SSSR count). The molecule has 1 amide bonds. The van der Waals surface area contributed by atoms with E-state index < -0.39 is 5.91 Å². The van der Waals surface area contributed by atoms with Gasteiger partial charge in [0.05, 0.1) is 10.7 Å². The Morgan fingerprint density at radius 2 is 2.00 bits per heavy atom. The van der Waals surface area contributed by atoms with Crippen molar-refractivity contribution in [3.05, 3.63) is 58.1 Å². The van der Waals surface area contributed by atoms with E-state index in [9.17, 15) is 9.90 Å². The predicted octanol–water partition coefficient (Wildman–Crippen LogP) is 3.62. The number of carbonyl (C=O) groups is 1. The van der Waals surface area contributed by atoms with E-state index in [2.05, 4.69) is 10.5 Å². The van der Waals surface area contributed by atoms with Gasteiger partial charge in [-0.05, 0) is 31.2 Å². The number of carbonyl (C=O) groups excluding carboxylic acids is 1. The molecule has 0 saturated carbocycles. The molecule has 0 aromatic heterocycles. The van der Waals surface area contributed by atoms with E-state index in [1.54, 1.807) is 43.3 Å². The van der Waals surface area contributed by atoms with Gasteiger partial charge in [0, 0.05) is 16.7 Å². The fraction of sp³-hybridized carbons (Fsp3) is 0.125. The van der Waals surface area contributed by atoms with Crippen LogP contribution < -0.4 is 10.2 Å². The van der Waals surface area contributed by atoms with Crippen LogP contribution in [0.25, 0.3) is 0 Å². The van der Waals surface area contributed by atoms with Gasteiger partial charge in [-0.2, -0.15) is 5.10 Å². The van der Waals surface area contributed by atoms with Crippen molar-refractivity contribution in [2.75, 3.05) is 6.61 Å². The van der Waals surface area contributed by atoms with Gasteiger partial charge in [0.25, 0.3) is 5.91 Å². The number of ether oxygens (including phenoxy) is 1. The highest BCUT2D eigenvalue weighted by Gasteiger charge is 2.07. The van der Waals surface area contributed by atoms with Crippen molar-refractivity contribution in [2.24, 2.45) is 5.10 Å². The molecule has 0 unspecified atom stereocenters. The summed E-state index contributed by atoms with van der Waals surface area (Å²) in [6.45, 7) is 1.40. The Balaban J connectivity index is 1.94. The first-order valence-electron chi connectivity index (χ1n) is 6.66. The lowest BCUT2D eigenvalue weighted by Gasteiger charge is -2.08. The zero-order chi connectivity index (χ0) is 16.8. The van der Waals surface area contributed by atoms with Gasteiger partial charge in [-0.25, -0.2) is 5.43 Å². The molecule has 7 heteroatoms. The summed E-state index contributed by atoms with van der Waals surface area (Å²) in [6.07, 6.45) is 0. The molecule has 0 bridgehead atoms. The summed E-state index contributed by atoms with van der Waals surface area (Å²) in [5, 5.41) is 14.4. The zero-order valence-electron chi connectivity index (χ0n) is 12.2. The third-order valence-electron chi connectivity index (χ3n) is 2.89. The number of benzene rings is 2. The molecule has 0 saturated heterocycles. The molecule has 5 nitrogen and oxygen atoms in total. The van der Waals surface area contributed by atoms with Crippen LogP contribution in [0.4, 0.5) is 0 Å². The molecule has 0 aliphatic heterocycles. The number of amides is 1. The number of para-hydroxylation sites is 1. The molecule has 120 valence electrons. The van der Waals surface area contributed by atoms with Crippen molar-refractivity contribution < 1.29 is 14.6 Å². The average Bonchev–Trinajstić information content (AvgIpc) is 2.54. The Bertz CT molecular complexity index is 748. The molecule has 0 aliphatic carbocycles. The second kappa shape index (κ2) is 7.85. The fourth-order valence-electron chi connectivity index (χ4n) is 1.75. The number of halogens is 2. The Morgan fingerprint density at radius 3 is 2.74 bits per heavy atom. The molecule has 0 radical (unpaired) electrons. The van der Waals surface area contributed by atoms with Gasteiger partial charge < -0.3 is 9.84 Å². The topological polar surface area (TPSA) is 70.9 Å². The number of phenolic OH excluding ortho intramolecular Hbond substituents is 1. The molecule has 0 aliphatic rings. The normalized spacial score (nSPS) is 11.2. The lowest BCUT2D eigenvalue weighted by molar-refractivity contribution is -0.123. The minimum Gasteiger partial charge on any atom is -0.507 e. The molecule has 0 spiro atoms. The SMILES string of the molecule is CC(=NNC(=O)COc1cc(Cl)ccc1Cl)c1ccccc1O. The Labute approximate surface area is 143 Å². The summed E-state index contributed by atoms with van der Waals surface area (Å²) in [7, 11) is 0. The fourth-order valence-corrected chi connectivity index (χ4v) is 2.08. The minimum absolute atomic E-state index is 0.0879. The first-order chi connectivity index (χ1) is 11.0. The molecule has 0 heterocycles. The Kier molecular flexibility index (Phi) is 5.84. The van der Waals surface area contributed by atoms with E-state index in [4.69, 9.17) is 27.9 Å². The number of nitrogens with zero attached hydrogens (tertiary/aromatic N) is 1. The number of hydrogen-bond donors (Lipinski definition) is 2. The largest absolute Gasteiger partial charge is 0.507 e. The number of nitrogens with one attached hydrogen (secondary N) is 1. The van der Waals surface area contributed by atoms with Crippen LogP contribution in [0.3, 0.4) is 0 Å². The summed E-state index contributed by atoms with van der Waals surface area (Å²) in [5.41, 5.74) is 3.35. The number of aromatic hydroxyl groups is 1. The Hall–Kier alpha value is -2.24. The maximum Gasteiger partial charge on any atom is 0.277 e. The Morgan fingerprint density at radius 1 is 1.26 bits per heavy atom. The first-order valence-corrected chi connectivity index (χ1v) is 7.42. The number of hydrogen-bond acceptors (Lipinski definition) is 4. The molecule has 23 heavy (non-hydrogen) atoms. The summed E-state index contributed by atoms with van der Waals surface area (Å²) >= 11 is 11.8. The van der Waals surface area contributed by atoms with Crippen LogP contribution in [0.15, 0.2) is 47.6 Å². The third kappa shape index (κ3) is 4.87. The molecule has 2 aromatic carbocycles. The van der Waals surface area contributed by atoms with Gasteiger partial charge in [0.2, 0.25) is 0 Å². The van der Waals surface area contributed by atoms with Gasteiger partial charge in [0.15, 0.2) is 6.61 Å². The van der Waals surface area contributed by atoms with Crippen LogP contribution in [0.1, 0.15) is 12.5 Å². The maximum atomic E-state index is 11.8. The second-order valence-electron chi connectivity index (χ2n) is 4.61. The van der Waals surface area contributed by atoms with Gasteiger partial charge in [-0.15, -0.1) is 0 Å². The molecule has 0 fully saturated rings. The molecular formula is C16H14Cl2N2O3. The lowest BCUT2D eigenvalue weighted by atomic mass is 10.1. The molecular weight excluding hydrogens is 339 g/mol. The van der Waals surface area contributed by atoms with Crippen LogP contribution in [-0.4, -0.2) is 23.3 Å². The standard InChI is InChI=1S/C16H14Cl2N2O3/c1-10(12-4-2-3-5-14(12)21)19-20-16(22)9-23-15-8-11(17)6-7-13(15)18/h2-8,21H,9H2,1H3,(H,20,22). The summed E-state index contributed by atoms with van der Waals surface area (Å²) in [4.78, 5) is 11.8. The number of rotatable bonds is 5. The van der Waals surface area contributed by atoms with Crippen LogP contribution in [0.2, 0.25) is 10.0 Å². The molecule has 2 aromatic rings. The molecule has 2 N–H and O–H groups in total. The monoisotopic (exact) mass is 352 g/mol. The zero-order valence-corrected chi connectivity index (χ0v) is 13.7. The highest BCUT2D eigenvalue weighted by Crippen LogP contribution is 2.27.